The molecule has 36 heavy (non-hydrogen) atoms. The Balaban J connectivity index is 0.00000168. The first kappa shape index (κ1) is 21.6. The number of anilines is 2. The number of carbonyl (C=O) groups excluding carboxylic acids is 1. The number of rotatable bonds is 7. The van der Waals surface area contributed by atoms with Gasteiger partial charge in [-0.05, 0) is 28.5 Å². The Hall–Kier alpha value is -4.97. The zero-order valence-corrected chi connectivity index (χ0v) is 19.3. The second-order valence-corrected chi connectivity index (χ2v) is 8.43. The summed E-state index contributed by atoms with van der Waals surface area (Å²) in [7, 11) is 0. The lowest BCUT2D eigenvalue weighted by Gasteiger charge is -2.11. The van der Waals surface area contributed by atoms with Gasteiger partial charge in [0.25, 0.3) is 0 Å². The lowest BCUT2D eigenvalue weighted by atomic mass is 9.97. The van der Waals surface area contributed by atoms with E-state index in [4.69, 9.17) is 4.74 Å². The zero-order chi connectivity index (χ0) is 24.3. The Morgan fingerprint density at radius 2 is 1.67 bits per heavy atom. The third-order valence-corrected chi connectivity index (χ3v) is 6.09. The molecule has 0 fully saturated rings. The second kappa shape index (κ2) is 9.35. The average Bonchev–Trinajstić information content (AvgIpc) is 3.37. The summed E-state index contributed by atoms with van der Waals surface area (Å²) in [4.78, 5) is 25.6. The van der Waals surface area contributed by atoms with Gasteiger partial charge in [-0.15, -0.1) is 0 Å². The van der Waals surface area contributed by atoms with Gasteiger partial charge in [0, 0.05) is 26.4 Å². The standard InChI is InChI=1S/C30H22N4O2.2H2/c35-28(25-15-6-11-21-10-4-5-14-24(21)25)26-17-31-29-27(26)30(33-19-32-29)34-22-12-7-13-23(16-22)36-18-20-8-2-1-3-9-20;;/h1-17,19H,18H2,(H2,31,32,33,34);2*1H. The molecule has 0 saturated heterocycles. The molecule has 6 rings (SSSR count). The maximum Gasteiger partial charge on any atom is 0.195 e. The molecule has 6 aromatic rings. The molecule has 0 radical (unpaired) electrons. The van der Waals surface area contributed by atoms with Crippen LogP contribution in [0.15, 0.2) is 110 Å². The largest absolute Gasteiger partial charge is 0.489 e. The Kier molecular flexibility index (Phi) is 5.60. The molecule has 0 saturated carbocycles. The summed E-state index contributed by atoms with van der Waals surface area (Å²) in [6.45, 7) is 0.476. The predicted octanol–water partition coefficient (Wildman–Crippen LogP) is 7.16. The lowest BCUT2D eigenvalue weighted by molar-refractivity contribution is 0.104. The minimum absolute atomic E-state index is 0. The van der Waals surface area contributed by atoms with Crippen LogP contribution in [0.2, 0.25) is 0 Å². The van der Waals surface area contributed by atoms with E-state index in [0.717, 1.165) is 27.8 Å². The van der Waals surface area contributed by atoms with Gasteiger partial charge in [0.05, 0.1) is 10.9 Å². The van der Waals surface area contributed by atoms with Gasteiger partial charge in [-0.25, -0.2) is 9.97 Å². The number of nitrogens with zero attached hydrogens (tertiary/aromatic N) is 2. The number of hydrogen-bond acceptors (Lipinski definition) is 5. The van der Waals surface area contributed by atoms with Crippen molar-refractivity contribution in [2.45, 2.75) is 6.61 Å². The summed E-state index contributed by atoms with van der Waals surface area (Å²) < 4.78 is 5.97. The molecule has 0 unspecified atom stereocenters. The van der Waals surface area contributed by atoms with Crippen LogP contribution < -0.4 is 10.1 Å². The van der Waals surface area contributed by atoms with Crippen molar-refractivity contribution >= 4 is 39.1 Å². The monoisotopic (exact) mass is 474 g/mol. The summed E-state index contributed by atoms with van der Waals surface area (Å²) in [5.74, 6) is 1.19. The van der Waals surface area contributed by atoms with Crippen molar-refractivity contribution < 1.29 is 12.4 Å². The molecule has 0 aliphatic rings. The number of aromatic nitrogens is 3. The Morgan fingerprint density at radius 1 is 0.861 bits per heavy atom. The zero-order valence-electron chi connectivity index (χ0n) is 19.3. The number of ketones is 1. The first-order chi connectivity index (χ1) is 17.8. The normalized spacial score (nSPS) is 11.0. The highest BCUT2D eigenvalue weighted by molar-refractivity contribution is 6.22. The fourth-order valence-electron chi connectivity index (χ4n) is 4.35. The van der Waals surface area contributed by atoms with Crippen LogP contribution in [0.3, 0.4) is 0 Å². The van der Waals surface area contributed by atoms with E-state index in [2.05, 4.69) is 20.3 Å². The van der Waals surface area contributed by atoms with E-state index in [-0.39, 0.29) is 8.64 Å². The second-order valence-electron chi connectivity index (χ2n) is 8.43. The molecule has 0 atom stereocenters. The van der Waals surface area contributed by atoms with E-state index in [1.54, 1.807) is 6.20 Å². The van der Waals surface area contributed by atoms with Crippen molar-refractivity contribution in [3.63, 3.8) is 0 Å². The Morgan fingerprint density at radius 3 is 2.58 bits per heavy atom. The number of fused-ring (bicyclic) bond motifs is 2. The molecular formula is C30H26N4O2. The first-order valence-electron chi connectivity index (χ1n) is 11.6. The van der Waals surface area contributed by atoms with E-state index < -0.39 is 0 Å². The van der Waals surface area contributed by atoms with Crippen molar-refractivity contribution in [2.24, 2.45) is 0 Å². The topological polar surface area (TPSA) is 79.9 Å². The molecule has 0 amide bonds. The predicted molar refractivity (Wildman–Crippen MR) is 146 cm³/mol. The smallest absolute Gasteiger partial charge is 0.195 e. The number of nitrogens with one attached hydrogen (secondary N) is 2. The molecule has 6 nitrogen and oxygen atoms in total. The summed E-state index contributed by atoms with van der Waals surface area (Å²) in [6, 6.07) is 31.3. The summed E-state index contributed by atoms with van der Waals surface area (Å²) in [6.07, 6.45) is 3.18. The maximum absolute atomic E-state index is 13.7. The number of H-pyrrole nitrogens is 1. The van der Waals surface area contributed by atoms with E-state index in [0.29, 0.717) is 34.6 Å². The molecule has 4 aromatic carbocycles. The lowest BCUT2D eigenvalue weighted by Crippen LogP contribution is -2.04. The molecule has 2 aromatic heterocycles. The highest BCUT2D eigenvalue weighted by Gasteiger charge is 2.20. The van der Waals surface area contributed by atoms with Gasteiger partial charge in [0.2, 0.25) is 0 Å². The van der Waals surface area contributed by atoms with Gasteiger partial charge in [0.15, 0.2) is 5.78 Å². The van der Waals surface area contributed by atoms with Crippen molar-refractivity contribution in [3.8, 4) is 5.75 Å². The fourth-order valence-corrected chi connectivity index (χ4v) is 4.35. The first-order valence-corrected chi connectivity index (χ1v) is 11.6. The molecular weight excluding hydrogens is 448 g/mol. The maximum atomic E-state index is 13.7. The summed E-state index contributed by atoms with van der Waals surface area (Å²) in [5, 5.41) is 5.93. The van der Waals surface area contributed by atoms with Crippen molar-refractivity contribution in [3.05, 3.63) is 126 Å². The molecule has 6 heteroatoms. The van der Waals surface area contributed by atoms with E-state index >= 15 is 0 Å². The quantitative estimate of drug-likeness (QED) is 0.240. The Labute approximate surface area is 210 Å². The highest BCUT2D eigenvalue weighted by Crippen LogP contribution is 2.30. The number of ether oxygens (including phenoxy) is 1. The minimum Gasteiger partial charge on any atom is -0.489 e. The van der Waals surface area contributed by atoms with Gasteiger partial charge in [-0.3, -0.25) is 4.79 Å². The highest BCUT2D eigenvalue weighted by atomic mass is 16.5. The summed E-state index contributed by atoms with van der Waals surface area (Å²) >= 11 is 0. The molecule has 2 heterocycles. The van der Waals surface area contributed by atoms with Crippen LogP contribution in [-0.2, 0) is 6.61 Å². The third kappa shape index (κ3) is 4.16. The van der Waals surface area contributed by atoms with E-state index in [1.165, 1.54) is 6.33 Å². The summed E-state index contributed by atoms with van der Waals surface area (Å²) in [5.41, 5.74) is 3.64. The molecule has 0 aliphatic heterocycles. The van der Waals surface area contributed by atoms with Gasteiger partial charge in [-0.1, -0.05) is 78.9 Å². The van der Waals surface area contributed by atoms with Crippen LogP contribution in [0.1, 0.15) is 24.3 Å². The third-order valence-electron chi connectivity index (χ3n) is 6.09. The Bertz CT molecular complexity index is 1700. The average molecular weight is 475 g/mol. The van der Waals surface area contributed by atoms with Gasteiger partial charge < -0.3 is 15.0 Å². The fraction of sp³-hybridized carbons (Fsp3) is 0.0333. The number of benzene rings is 4. The number of carbonyl (C=O) groups is 1. The number of aromatic amines is 1. The molecule has 2 N–H and O–H groups in total. The number of hydrogen-bond donors (Lipinski definition) is 2. The van der Waals surface area contributed by atoms with Gasteiger partial charge in [0.1, 0.15) is 30.1 Å². The van der Waals surface area contributed by atoms with Crippen molar-refractivity contribution in [1.82, 2.24) is 15.0 Å². The molecule has 0 bridgehead atoms. The van der Waals surface area contributed by atoms with Crippen LogP contribution in [0.4, 0.5) is 11.5 Å². The molecule has 0 spiro atoms. The van der Waals surface area contributed by atoms with Crippen LogP contribution in [0.5, 0.6) is 5.75 Å². The van der Waals surface area contributed by atoms with Crippen LogP contribution in [0, 0.1) is 0 Å². The van der Waals surface area contributed by atoms with Gasteiger partial charge >= 0.3 is 0 Å². The molecule has 178 valence electrons. The van der Waals surface area contributed by atoms with Crippen LogP contribution in [0.25, 0.3) is 21.8 Å². The van der Waals surface area contributed by atoms with Gasteiger partial charge in [-0.2, -0.15) is 0 Å². The minimum atomic E-state index is -0.0872. The van der Waals surface area contributed by atoms with Crippen molar-refractivity contribution in [1.29, 1.82) is 0 Å². The van der Waals surface area contributed by atoms with Crippen LogP contribution in [-0.4, -0.2) is 20.7 Å². The SMILES string of the molecule is O=C(c1cccc2ccccc12)c1c[nH]c2ncnc(Nc3cccc(OCc4ccccc4)c3)c12.[HH].[HH]. The van der Waals surface area contributed by atoms with Crippen LogP contribution >= 0.6 is 0 Å². The molecule has 0 aliphatic carbocycles. The van der Waals surface area contributed by atoms with Crippen molar-refractivity contribution in [2.75, 3.05) is 5.32 Å². The van der Waals surface area contributed by atoms with E-state index in [9.17, 15) is 4.79 Å². The van der Waals surface area contributed by atoms with E-state index in [1.807, 2.05) is 97.1 Å².